The summed E-state index contributed by atoms with van der Waals surface area (Å²) in [6, 6.07) is 0. The molecule has 0 aromatic rings. The topological polar surface area (TPSA) is 0 Å². The molecule has 0 heterocycles. The molecule has 0 bridgehead atoms. The molecule has 2 heteroatoms. The summed E-state index contributed by atoms with van der Waals surface area (Å²) in [6.45, 7) is 17.1. The SMILES string of the molecule is CC1=C[C](C)([Zr]([C]2=C(C)C=CC2)[SiH](C)C)C(C)=C1C. The second-order valence-electron chi connectivity index (χ2n) is 6.62. The van der Waals surface area contributed by atoms with Gasteiger partial charge in [0.05, 0.1) is 0 Å². The van der Waals surface area contributed by atoms with Crippen LogP contribution in [0, 0.1) is 0 Å². The van der Waals surface area contributed by atoms with Crippen LogP contribution in [0.15, 0.2) is 43.8 Å². The van der Waals surface area contributed by atoms with Crippen LogP contribution in [0.2, 0.25) is 16.2 Å². The van der Waals surface area contributed by atoms with Crippen molar-refractivity contribution < 1.29 is 20.9 Å². The van der Waals surface area contributed by atoms with Gasteiger partial charge < -0.3 is 0 Å². The van der Waals surface area contributed by atoms with Crippen molar-refractivity contribution >= 4 is 5.92 Å². The maximum absolute atomic E-state index is 2.64. The maximum atomic E-state index is 2.64. The van der Waals surface area contributed by atoms with Crippen LogP contribution in [0.25, 0.3) is 0 Å². The van der Waals surface area contributed by atoms with Crippen molar-refractivity contribution in [3.63, 3.8) is 0 Å². The molecule has 0 amide bonds. The third kappa shape index (κ3) is 2.51. The molecular formula is C17H27SiZr. The van der Waals surface area contributed by atoms with Gasteiger partial charge in [-0.25, -0.2) is 0 Å². The van der Waals surface area contributed by atoms with Gasteiger partial charge in [-0.3, -0.25) is 0 Å². The summed E-state index contributed by atoms with van der Waals surface area (Å²) in [5.74, 6) is -0.570. The van der Waals surface area contributed by atoms with Gasteiger partial charge in [-0.05, 0) is 0 Å². The zero-order valence-corrected chi connectivity index (χ0v) is 17.1. The summed E-state index contributed by atoms with van der Waals surface area (Å²) < 4.78 is 2.36. The predicted molar refractivity (Wildman–Crippen MR) is 85.8 cm³/mol. The molecule has 0 spiro atoms. The van der Waals surface area contributed by atoms with Crippen LogP contribution >= 0.6 is 0 Å². The van der Waals surface area contributed by atoms with Crippen molar-refractivity contribution in [3.05, 3.63) is 43.8 Å². The number of hydrogen-bond donors (Lipinski definition) is 0. The zero-order valence-electron chi connectivity index (χ0n) is 13.5. The second-order valence-corrected chi connectivity index (χ2v) is 26.9. The molecule has 0 fully saturated rings. The van der Waals surface area contributed by atoms with Gasteiger partial charge in [-0.1, -0.05) is 0 Å². The third-order valence-corrected chi connectivity index (χ3v) is 27.4. The Bertz CT molecular complexity index is 519. The normalized spacial score (nSPS) is 26.8. The minimum atomic E-state index is -1.59. The van der Waals surface area contributed by atoms with E-state index < -0.39 is 26.8 Å². The summed E-state index contributed by atoms with van der Waals surface area (Å²) in [5, 5.41) is 0. The Labute approximate surface area is 127 Å². The quantitative estimate of drug-likeness (QED) is 0.606. The van der Waals surface area contributed by atoms with Crippen molar-refractivity contribution in [1.82, 2.24) is 0 Å². The summed E-state index contributed by atoms with van der Waals surface area (Å²) in [7, 11) is 0. The fraction of sp³-hybridized carbons (Fsp3) is 0.529. The fourth-order valence-corrected chi connectivity index (χ4v) is 29.5. The zero-order chi connectivity index (χ0) is 14.4. The summed E-state index contributed by atoms with van der Waals surface area (Å²) in [5.41, 5.74) is 6.41. The molecule has 0 N–H and O–H groups in total. The Morgan fingerprint density at radius 2 is 1.79 bits per heavy atom. The Hall–Kier alpha value is 0.0600. The van der Waals surface area contributed by atoms with Gasteiger partial charge in [0.15, 0.2) is 0 Å². The van der Waals surface area contributed by atoms with Crippen LogP contribution in [0.5, 0.6) is 0 Å². The predicted octanol–water partition coefficient (Wildman–Crippen LogP) is 5.30. The van der Waals surface area contributed by atoms with Crippen LogP contribution in [-0.4, -0.2) is 5.92 Å². The molecule has 19 heavy (non-hydrogen) atoms. The van der Waals surface area contributed by atoms with Crippen LogP contribution in [0.3, 0.4) is 0 Å². The molecule has 0 saturated carbocycles. The number of hydrogen-bond acceptors (Lipinski definition) is 0. The van der Waals surface area contributed by atoms with Gasteiger partial charge in [-0.15, -0.1) is 0 Å². The van der Waals surface area contributed by atoms with Gasteiger partial charge in [0, 0.05) is 0 Å². The fourth-order valence-electron chi connectivity index (χ4n) is 3.81. The first-order chi connectivity index (χ1) is 8.79. The standard InChI is InChI=1S/C9H13.C6H7.C2H7Si.Zr/c1-6-5-7(2)9(4)8(6)3;1-6-4-2-3-5-6;1-3-2;/h5H,1-4H3;2,4H,3H2,1H3;3H,1-2H3;. The van der Waals surface area contributed by atoms with Gasteiger partial charge in [0.2, 0.25) is 0 Å². The molecule has 0 aromatic heterocycles. The van der Waals surface area contributed by atoms with Crippen LogP contribution < -0.4 is 0 Å². The molecule has 1 unspecified atom stereocenters. The van der Waals surface area contributed by atoms with Crippen LogP contribution in [0.1, 0.15) is 41.0 Å². The number of rotatable bonds is 3. The molecule has 1 atom stereocenters. The molecule has 0 aromatic carbocycles. The Morgan fingerprint density at radius 1 is 1.16 bits per heavy atom. The third-order valence-electron chi connectivity index (χ3n) is 5.07. The molecule has 0 radical (unpaired) electrons. The molecule has 2 rings (SSSR count). The van der Waals surface area contributed by atoms with E-state index in [4.69, 9.17) is 0 Å². The average molecular weight is 351 g/mol. The van der Waals surface area contributed by atoms with Crippen molar-refractivity contribution in [1.29, 1.82) is 0 Å². The molecular weight excluding hydrogens is 323 g/mol. The minimum absolute atomic E-state index is 0.458. The van der Waals surface area contributed by atoms with Crippen molar-refractivity contribution in [2.24, 2.45) is 0 Å². The first-order valence-corrected chi connectivity index (χ1v) is 17.0. The monoisotopic (exact) mass is 349 g/mol. The molecule has 103 valence electrons. The van der Waals surface area contributed by atoms with Gasteiger partial charge in [0.1, 0.15) is 0 Å². The molecule has 0 saturated heterocycles. The van der Waals surface area contributed by atoms with Gasteiger partial charge in [-0.2, -0.15) is 0 Å². The summed E-state index contributed by atoms with van der Waals surface area (Å²) in [4.78, 5) is 0. The first-order valence-electron chi connectivity index (χ1n) is 7.40. The van der Waals surface area contributed by atoms with E-state index in [-0.39, 0.29) is 0 Å². The summed E-state index contributed by atoms with van der Waals surface area (Å²) >= 11 is -1.59. The first kappa shape index (κ1) is 15.4. The van der Waals surface area contributed by atoms with E-state index in [1.165, 1.54) is 12.0 Å². The number of allylic oxidation sites excluding steroid dienone is 8. The van der Waals surface area contributed by atoms with Crippen LogP contribution in [0.4, 0.5) is 0 Å². The molecule has 2 aliphatic rings. The van der Waals surface area contributed by atoms with E-state index in [1.54, 1.807) is 16.7 Å². The van der Waals surface area contributed by atoms with Crippen molar-refractivity contribution in [2.75, 3.05) is 0 Å². The van der Waals surface area contributed by atoms with E-state index in [0.29, 0.717) is 3.12 Å². The van der Waals surface area contributed by atoms with Crippen molar-refractivity contribution in [2.45, 2.75) is 57.3 Å². The van der Waals surface area contributed by atoms with Crippen molar-refractivity contribution in [3.8, 4) is 0 Å². The van der Waals surface area contributed by atoms with E-state index in [0.717, 1.165) is 0 Å². The Kier molecular flexibility index (Phi) is 4.43. The second kappa shape index (κ2) is 5.45. The van der Waals surface area contributed by atoms with E-state index in [9.17, 15) is 0 Å². The van der Waals surface area contributed by atoms with Gasteiger partial charge in [0.25, 0.3) is 0 Å². The molecule has 2 aliphatic carbocycles. The van der Waals surface area contributed by atoms with E-state index in [1.807, 2.05) is 3.28 Å². The Balaban J connectivity index is 2.51. The van der Waals surface area contributed by atoms with Gasteiger partial charge >= 0.3 is 128 Å². The Morgan fingerprint density at radius 3 is 2.16 bits per heavy atom. The molecule has 0 aliphatic heterocycles. The average Bonchev–Trinajstić information content (AvgIpc) is 2.80. The van der Waals surface area contributed by atoms with E-state index in [2.05, 4.69) is 65.9 Å². The summed E-state index contributed by atoms with van der Waals surface area (Å²) in [6.07, 6.45) is 8.66. The molecule has 0 nitrogen and oxygen atoms in total. The van der Waals surface area contributed by atoms with Crippen LogP contribution in [-0.2, 0) is 20.9 Å². The van der Waals surface area contributed by atoms with E-state index >= 15 is 0 Å².